The normalized spacial score (nSPS) is 10.8. The second-order valence-electron chi connectivity index (χ2n) is 4.75. The number of aromatic carboxylic acids is 1. The van der Waals surface area contributed by atoms with E-state index in [4.69, 9.17) is 5.11 Å². The van der Waals surface area contributed by atoms with Crippen LogP contribution in [0.4, 0.5) is 0 Å². The van der Waals surface area contributed by atoms with Crippen molar-refractivity contribution >= 4 is 11.9 Å². The fraction of sp³-hybridized carbons (Fsp3) is 0.643. The quantitative estimate of drug-likeness (QED) is 0.624. The molecule has 7 nitrogen and oxygen atoms in total. The molecule has 21 heavy (non-hydrogen) atoms. The van der Waals surface area contributed by atoms with Crippen molar-refractivity contribution in [1.29, 1.82) is 0 Å². The Balaban J connectivity index is 2.17. The molecule has 0 aliphatic rings. The Bertz CT molecular complexity index is 455. The van der Waals surface area contributed by atoms with Gasteiger partial charge in [-0.2, -0.15) is 5.10 Å². The fourth-order valence-corrected chi connectivity index (χ4v) is 1.98. The first-order valence-electron chi connectivity index (χ1n) is 7.32. The highest BCUT2D eigenvalue weighted by atomic mass is 16.4. The Morgan fingerprint density at radius 3 is 2.67 bits per heavy atom. The van der Waals surface area contributed by atoms with Gasteiger partial charge in [0.15, 0.2) is 5.69 Å². The molecular formula is C14H24N4O3. The summed E-state index contributed by atoms with van der Waals surface area (Å²) in [7, 11) is 0. The summed E-state index contributed by atoms with van der Waals surface area (Å²) in [6.45, 7) is 8.32. The van der Waals surface area contributed by atoms with Crippen LogP contribution in [0, 0.1) is 0 Å². The van der Waals surface area contributed by atoms with Gasteiger partial charge in [0.1, 0.15) is 0 Å². The summed E-state index contributed by atoms with van der Waals surface area (Å²) in [4.78, 5) is 24.6. The van der Waals surface area contributed by atoms with Crippen LogP contribution in [0.2, 0.25) is 0 Å². The molecule has 0 aromatic carbocycles. The van der Waals surface area contributed by atoms with Gasteiger partial charge in [0.25, 0.3) is 0 Å². The fourth-order valence-electron chi connectivity index (χ4n) is 1.98. The van der Waals surface area contributed by atoms with Gasteiger partial charge >= 0.3 is 5.97 Å². The first-order chi connectivity index (χ1) is 10.1. The van der Waals surface area contributed by atoms with Crippen LogP contribution in [0.1, 0.15) is 37.2 Å². The Kier molecular flexibility index (Phi) is 7.45. The van der Waals surface area contributed by atoms with E-state index in [-0.39, 0.29) is 11.6 Å². The first-order valence-corrected chi connectivity index (χ1v) is 7.32. The number of carbonyl (C=O) groups excluding carboxylic acids is 1. The minimum Gasteiger partial charge on any atom is -0.476 e. The first kappa shape index (κ1) is 17.2. The van der Waals surface area contributed by atoms with Gasteiger partial charge in [-0.15, -0.1) is 0 Å². The zero-order valence-electron chi connectivity index (χ0n) is 12.7. The van der Waals surface area contributed by atoms with Crippen LogP contribution >= 0.6 is 0 Å². The lowest BCUT2D eigenvalue weighted by atomic mass is 10.3. The monoisotopic (exact) mass is 296 g/mol. The summed E-state index contributed by atoms with van der Waals surface area (Å²) < 4.78 is 1.47. The molecule has 0 fully saturated rings. The van der Waals surface area contributed by atoms with Crippen molar-refractivity contribution in [3.8, 4) is 0 Å². The predicted octanol–water partition coefficient (Wildman–Crippen LogP) is 0.819. The third kappa shape index (κ3) is 6.40. The number of aryl methyl sites for hydroxylation is 1. The molecule has 0 bridgehead atoms. The molecular weight excluding hydrogens is 272 g/mol. The minimum absolute atomic E-state index is 0.00497. The lowest BCUT2D eigenvalue weighted by Crippen LogP contribution is -2.30. The van der Waals surface area contributed by atoms with Gasteiger partial charge in [0, 0.05) is 25.7 Å². The van der Waals surface area contributed by atoms with E-state index in [1.807, 2.05) is 0 Å². The van der Waals surface area contributed by atoms with Crippen LogP contribution in [0.3, 0.4) is 0 Å². The maximum Gasteiger partial charge on any atom is 0.356 e. The van der Waals surface area contributed by atoms with Crippen molar-refractivity contribution in [2.45, 2.75) is 33.2 Å². The molecule has 0 radical (unpaired) electrons. The van der Waals surface area contributed by atoms with Gasteiger partial charge in [-0.05, 0) is 32.1 Å². The van der Waals surface area contributed by atoms with Crippen LogP contribution in [0.15, 0.2) is 12.3 Å². The average Bonchev–Trinajstić information content (AvgIpc) is 2.94. The van der Waals surface area contributed by atoms with E-state index in [9.17, 15) is 9.59 Å². The number of carbonyl (C=O) groups is 2. The Morgan fingerprint density at radius 1 is 1.38 bits per heavy atom. The largest absolute Gasteiger partial charge is 0.476 e. The van der Waals surface area contributed by atoms with E-state index < -0.39 is 5.97 Å². The van der Waals surface area contributed by atoms with Gasteiger partial charge in [-0.3, -0.25) is 9.48 Å². The Morgan fingerprint density at radius 2 is 2.10 bits per heavy atom. The number of aromatic nitrogens is 2. The Hall–Kier alpha value is -1.89. The van der Waals surface area contributed by atoms with E-state index in [1.165, 1.54) is 10.7 Å². The second kappa shape index (κ2) is 9.12. The van der Waals surface area contributed by atoms with E-state index in [2.05, 4.69) is 29.2 Å². The van der Waals surface area contributed by atoms with E-state index in [1.54, 1.807) is 6.20 Å². The van der Waals surface area contributed by atoms with Crippen molar-refractivity contribution < 1.29 is 14.7 Å². The summed E-state index contributed by atoms with van der Waals surface area (Å²) >= 11 is 0. The summed E-state index contributed by atoms with van der Waals surface area (Å²) in [6, 6.07) is 1.42. The van der Waals surface area contributed by atoms with Gasteiger partial charge in [-0.1, -0.05) is 13.8 Å². The molecule has 1 aromatic heterocycles. The van der Waals surface area contributed by atoms with Crippen molar-refractivity contribution in [1.82, 2.24) is 20.0 Å². The van der Waals surface area contributed by atoms with Crippen LogP contribution in [0.5, 0.6) is 0 Å². The molecule has 0 aliphatic heterocycles. The van der Waals surface area contributed by atoms with Crippen LogP contribution in [0.25, 0.3) is 0 Å². The molecule has 0 unspecified atom stereocenters. The number of nitrogens with one attached hydrogen (secondary N) is 1. The smallest absolute Gasteiger partial charge is 0.356 e. The van der Waals surface area contributed by atoms with Gasteiger partial charge in [-0.25, -0.2) is 4.79 Å². The van der Waals surface area contributed by atoms with Gasteiger partial charge in [0.05, 0.1) is 0 Å². The Labute approximate surface area is 124 Å². The van der Waals surface area contributed by atoms with Crippen molar-refractivity contribution in [2.75, 3.05) is 26.2 Å². The van der Waals surface area contributed by atoms with Crippen molar-refractivity contribution in [3.63, 3.8) is 0 Å². The lowest BCUT2D eigenvalue weighted by molar-refractivity contribution is -0.121. The number of nitrogens with zero attached hydrogens (tertiary/aromatic N) is 3. The molecule has 0 saturated carbocycles. The molecule has 1 amide bonds. The number of hydrogen-bond acceptors (Lipinski definition) is 4. The number of carboxylic acids is 1. The van der Waals surface area contributed by atoms with Gasteiger partial charge in [0.2, 0.25) is 5.91 Å². The number of amides is 1. The molecule has 7 heteroatoms. The van der Waals surface area contributed by atoms with Crippen molar-refractivity contribution in [3.05, 3.63) is 18.0 Å². The standard InChI is InChI=1S/C14H24N4O3/c1-3-17(4-2)9-5-8-15-13(19)7-11-18-10-6-12(16-18)14(20)21/h6,10H,3-5,7-9,11H2,1-2H3,(H,15,19)(H,20,21). The zero-order valence-corrected chi connectivity index (χ0v) is 12.7. The molecule has 1 rings (SSSR count). The molecule has 0 aliphatic carbocycles. The summed E-state index contributed by atoms with van der Waals surface area (Å²) in [5.74, 6) is -1.10. The summed E-state index contributed by atoms with van der Waals surface area (Å²) in [6.07, 6.45) is 2.79. The molecule has 2 N–H and O–H groups in total. The number of rotatable bonds is 10. The van der Waals surface area contributed by atoms with Crippen LogP contribution < -0.4 is 5.32 Å². The topological polar surface area (TPSA) is 87.5 Å². The van der Waals surface area contributed by atoms with Crippen LogP contribution in [-0.2, 0) is 11.3 Å². The zero-order chi connectivity index (χ0) is 15.7. The molecule has 0 spiro atoms. The molecule has 0 saturated heterocycles. The summed E-state index contributed by atoms with van der Waals surface area (Å²) in [5.41, 5.74) is -0.00497. The highest BCUT2D eigenvalue weighted by Gasteiger charge is 2.08. The van der Waals surface area contributed by atoms with Crippen LogP contribution in [-0.4, -0.2) is 57.8 Å². The average molecular weight is 296 g/mol. The van der Waals surface area contributed by atoms with Crippen molar-refractivity contribution in [2.24, 2.45) is 0 Å². The van der Waals surface area contributed by atoms with E-state index in [0.717, 1.165) is 26.1 Å². The van der Waals surface area contributed by atoms with E-state index in [0.29, 0.717) is 19.5 Å². The van der Waals surface area contributed by atoms with Gasteiger partial charge < -0.3 is 15.3 Å². The second-order valence-corrected chi connectivity index (χ2v) is 4.75. The lowest BCUT2D eigenvalue weighted by Gasteiger charge is -2.17. The number of carboxylic acid groups (broad SMARTS) is 1. The highest BCUT2D eigenvalue weighted by Crippen LogP contribution is 1.97. The molecule has 1 aromatic rings. The predicted molar refractivity (Wildman–Crippen MR) is 79.2 cm³/mol. The third-order valence-corrected chi connectivity index (χ3v) is 3.30. The molecule has 1 heterocycles. The number of hydrogen-bond donors (Lipinski definition) is 2. The SMILES string of the molecule is CCN(CC)CCCNC(=O)CCn1ccc(C(=O)O)n1. The third-order valence-electron chi connectivity index (χ3n) is 3.30. The highest BCUT2D eigenvalue weighted by molar-refractivity contribution is 5.85. The van der Waals surface area contributed by atoms with E-state index >= 15 is 0 Å². The maximum absolute atomic E-state index is 11.7. The summed E-state index contributed by atoms with van der Waals surface area (Å²) in [5, 5.41) is 15.5. The maximum atomic E-state index is 11.7. The molecule has 0 atom stereocenters. The molecule has 118 valence electrons. The minimum atomic E-state index is -1.06.